The Labute approximate surface area is 184 Å². The van der Waals surface area contributed by atoms with Crippen molar-refractivity contribution in [1.29, 1.82) is 0 Å². The second kappa shape index (κ2) is 9.23. The molecule has 0 bridgehead atoms. The quantitative estimate of drug-likeness (QED) is 0.251. The minimum Gasteiger partial charge on any atom is -0.372 e. The van der Waals surface area contributed by atoms with Gasteiger partial charge in [-0.1, -0.05) is 18.2 Å². The van der Waals surface area contributed by atoms with Crippen molar-refractivity contribution < 1.29 is 14.1 Å². The Morgan fingerprint density at radius 1 is 1.25 bits per heavy atom. The summed E-state index contributed by atoms with van der Waals surface area (Å²) in [5.74, 6) is -0.672. The fraction of sp³-hybridized carbons (Fsp3) is 0.250. The number of allylic oxidation sites excluding steroid dienone is 1. The first kappa shape index (κ1) is 21.6. The molecule has 0 amide bonds. The number of carbonyl (C=O) groups excluding carboxylic acids is 1. The van der Waals surface area contributed by atoms with Crippen molar-refractivity contribution in [3.63, 3.8) is 0 Å². The van der Waals surface area contributed by atoms with Crippen molar-refractivity contribution >= 4 is 22.4 Å². The summed E-state index contributed by atoms with van der Waals surface area (Å²) >= 11 is 0. The van der Waals surface area contributed by atoms with E-state index in [2.05, 4.69) is 21.7 Å². The molecule has 0 saturated carbocycles. The molecule has 7 nitrogen and oxygen atoms in total. The van der Waals surface area contributed by atoms with Crippen LogP contribution in [-0.4, -0.2) is 51.2 Å². The maximum absolute atomic E-state index is 13.1. The predicted molar refractivity (Wildman–Crippen MR) is 120 cm³/mol. The Bertz CT molecular complexity index is 1180. The van der Waals surface area contributed by atoms with Crippen molar-refractivity contribution in [2.45, 2.75) is 19.5 Å². The van der Waals surface area contributed by atoms with Gasteiger partial charge in [0, 0.05) is 62.1 Å². The number of rotatable bonds is 6. The number of piperazine rings is 1. The third-order valence-corrected chi connectivity index (χ3v) is 5.68. The van der Waals surface area contributed by atoms with E-state index in [1.165, 1.54) is 30.3 Å². The standard InChI is InChI=1S/C24H23FN4O3/c1-17-15-27(16-18-4-6-20(25)7-5-18)11-12-28(17)10-8-24(30)21-14-22-19(3-2-9-26-22)13-23(21)29(31)32/h2-10,13-14,17H,11-12,15-16H2,1H3/b10-8+/t17-/m1/s1. The van der Waals surface area contributed by atoms with Crippen molar-refractivity contribution in [3.8, 4) is 0 Å². The number of nitrogens with zero attached hydrogens (tertiary/aromatic N) is 4. The Hall–Kier alpha value is -3.65. The first-order chi connectivity index (χ1) is 15.4. The summed E-state index contributed by atoms with van der Waals surface area (Å²) in [6, 6.07) is 12.9. The lowest BCUT2D eigenvalue weighted by atomic mass is 10.0. The third kappa shape index (κ3) is 4.81. The van der Waals surface area contributed by atoms with Crippen LogP contribution in [0.3, 0.4) is 0 Å². The number of halogens is 1. The van der Waals surface area contributed by atoms with Crippen LogP contribution in [0.4, 0.5) is 10.1 Å². The zero-order valence-electron chi connectivity index (χ0n) is 17.6. The number of hydrogen-bond donors (Lipinski definition) is 0. The van der Waals surface area contributed by atoms with Crippen molar-refractivity contribution in [2.75, 3.05) is 19.6 Å². The number of pyridine rings is 1. The summed E-state index contributed by atoms with van der Waals surface area (Å²) in [6.45, 7) is 5.09. The molecule has 1 aliphatic heterocycles. The summed E-state index contributed by atoms with van der Waals surface area (Å²) in [6.07, 6.45) is 4.70. The van der Waals surface area contributed by atoms with E-state index in [0.717, 1.165) is 25.2 Å². The molecule has 1 aliphatic rings. The molecule has 0 aliphatic carbocycles. The largest absolute Gasteiger partial charge is 0.372 e. The van der Waals surface area contributed by atoms with Crippen molar-refractivity contribution in [2.24, 2.45) is 0 Å². The topological polar surface area (TPSA) is 79.6 Å². The average molecular weight is 434 g/mol. The molecule has 0 N–H and O–H groups in total. The molecule has 4 rings (SSSR count). The Balaban J connectivity index is 1.44. The van der Waals surface area contributed by atoms with Crippen molar-refractivity contribution in [3.05, 3.63) is 94.1 Å². The highest BCUT2D eigenvalue weighted by atomic mass is 19.1. The number of aromatic nitrogens is 1. The van der Waals surface area contributed by atoms with Crippen LogP contribution in [0, 0.1) is 15.9 Å². The van der Waals surface area contributed by atoms with Gasteiger partial charge in [0.25, 0.3) is 5.69 Å². The molecule has 1 aromatic heterocycles. The zero-order chi connectivity index (χ0) is 22.7. The molecule has 1 fully saturated rings. The number of hydrogen-bond acceptors (Lipinski definition) is 6. The SMILES string of the molecule is C[C@@H]1CN(Cc2ccc(F)cc2)CCN1/C=C/C(=O)c1cc2ncccc2cc1[N+](=O)[O-]. The van der Waals surface area contributed by atoms with E-state index in [1.807, 2.05) is 0 Å². The van der Waals surface area contributed by atoms with E-state index in [0.29, 0.717) is 17.4 Å². The molecule has 8 heteroatoms. The molecular weight excluding hydrogens is 411 g/mol. The van der Waals surface area contributed by atoms with Crippen molar-refractivity contribution in [1.82, 2.24) is 14.8 Å². The fourth-order valence-corrected chi connectivity index (χ4v) is 3.97. The van der Waals surface area contributed by atoms with Crippen LogP contribution in [0.5, 0.6) is 0 Å². The number of ketones is 1. The Morgan fingerprint density at radius 2 is 2.03 bits per heavy atom. The van der Waals surface area contributed by atoms with Gasteiger partial charge in [0.05, 0.1) is 10.4 Å². The predicted octanol–water partition coefficient (Wildman–Crippen LogP) is 4.18. The summed E-state index contributed by atoms with van der Waals surface area (Å²) in [7, 11) is 0. The van der Waals surface area contributed by atoms with Crippen LogP contribution in [0.2, 0.25) is 0 Å². The highest BCUT2D eigenvalue weighted by Crippen LogP contribution is 2.25. The zero-order valence-corrected chi connectivity index (χ0v) is 17.6. The monoisotopic (exact) mass is 434 g/mol. The van der Waals surface area contributed by atoms with E-state index in [9.17, 15) is 19.3 Å². The lowest BCUT2D eigenvalue weighted by Crippen LogP contribution is -2.49. The maximum Gasteiger partial charge on any atom is 0.281 e. The first-order valence-electron chi connectivity index (χ1n) is 10.4. The Morgan fingerprint density at radius 3 is 2.75 bits per heavy atom. The van der Waals surface area contributed by atoms with Crippen LogP contribution in [0.25, 0.3) is 10.9 Å². The van der Waals surface area contributed by atoms with E-state index in [-0.39, 0.29) is 23.1 Å². The third-order valence-electron chi connectivity index (χ3n) is 5.68. The minimum absolute atomic E-state index is 0.0278. The molecule has 164 valence electrons. The van der Waals surface area contributed by atoms with Crippen LogP contribution >= 0.6 is 0 Å². The molecular formula is C24H23FN4O3. The molecule has 1 atom stereocenters. The van der Waals surface area contributed by atoms with Gasteiger partial charge in [-0.2, -0.15) is 0 Å². The van der Waals surface area contributed by atoms with E-state index in [4.69, 9.17) is 0 Å². The molecule has 0 spiro atoms. The molecule has 2 aromatic carbocycles. The van der Waals surface area contributed by atoms with Gasteiger partial charge in [-0.25, -0.2) is 4.39 Å². The van der Waals surface area contributed by atoms with Gasteiger partial charge >= 0.3 is 0 Å². The lowest BCUT2D eigenvalue weighted by molar-refractivity contribution is -0.385. The lowest BCUT2D eigenvalue weighted by Gasteiger charge is -2.39. The number of nitro benzene ring substituents is 1. The number of carbonyl (C=O) groups is 1. The van der Waals surface area contributed by atoms with Crippen LogP contribution in [0.15, 0.2) is 67.0 Å². The summed E-state index contributed by atoms with van der Waals surface area (Å²) < 4.78 is 13.1. The van der Waals surface area contributed by atoms with E-state index in [1.54, 1.807) is 36.7 Å². The number of benzene rings is 2. The van der Waals surface area contributed by atoms with E-state index >= 15 is 0 Å². The minimum atomic E-state index is -0.537. The van der Waals surface area contributed by atoms with Crippen LogP contribution < -0.4 is 0 Å². The first-order valence-corrected chi connectivity index (χ1v) is 10.4. The summed E-state index contributed by atoms with van der Waals surface area (Å²) in [4.78, 5) is 32.3. The highest BCUT2D eigenvalue weighted by molar-refractivity contribution is 6.09. The molecule has 1 saturated heterocycles. The maximum atomic E-state index is 13.1. The second-order valence-corrected chi connectivity index (χ2v) is 7.95. The van der Waals surface area contributed by atoms with Gasteiger partial charge in [0.15, 0.2) is 5.78 Å². The molecule has 0 unspecified atom stereocenters. The van der Waals surface area contributed by atoms with E-state index < -0.39 is 10.7 Å². The number of nitro groups is 1. The molecule has 3 aromatic rings. The summed E-state index contributed by atoms with van der Waals surface area (Å²) in [5, 5.41) is 12.1. The van der Waals surface area contributed by atoms with Crippen LogP contribution in [-0.2, 0) is 6.54 Å². The molecule has 32 heavy (non-hydrogen) atoms. The highest BCUT2D eigenvalue weighted by Gasteiger charge is 2.23. The van der Waals surface area contributed by atoms with Gasteiger partial charge in [0.1, 0.15) is 11.4 Å². The summed E-state index contributed by atoms with van der Waals surface area (Å²) in [5.41, 5.74) is 1.39. The van der Waals surface area contributed by atoms with Gasteiger partial charge in [-0.15, -0.1) is 0 Å². The normalized spacial score (nSPS) is 17.2. The van der Waals surface area contributed by atoms with Crippen LogP contribution in [0.1, 0.15) is 22.8 Å². The molecule has 2 heterocycles. The second-order valence-electron chi connectivity index (χ2n) is 7.95. The molecule has 0 radical (unpaired) electrons. The van der Waals surface area contributed by atoms with Gasteiger partial charge in [0.2, 0.25) is 0 Å². The fourth-order valence-electron chi connectivity index (χ4n) is 3.97. The number of fused-ring (bicyclic) bond motifs is 1. The van der Waals surface area contributed by atoms with Gasteiger partial charge < -0.3 is 4.90 Å². The smallest absolute Gasteiger partial charge is 0.281 e. The van der Waals surface area contributed by atoms with Gasteiger partial charge in [-0.3, -0.25) is 24.8 Å². The Kier molecular flexibility index (Phi) is 6.23. The average Bonchev–Trinajstić information content (AvgIpc) is 2.79. The van der Waals surface area contributed by atoms with Gasteiger partial charge in [-0.05, 0) is 36.8 Å².